The van der Waals surface area contributed by atoms with E-state index in [0.29, 0.717) is 12.1 Å². The SMILES string of the molecule is CCNC1CC(C)CC(C)C1CN(C)CCOC(C)C. The first-order valence-electron chi connectivity index (χ1n) is 8.47. The minimum absolute atomic E-state index is 0.340. The summed E-state index contributed by atoms with van der Waals surface area (Å²) in [6.45, 7) is 15.4. The molecule has 1 rings (SSSR count). The highest BCUT2D eigenvalue weighted by Crippen LogP contribution is 2.34. The van der Waals surface area contributed by atoms with E-state index in [9.17, 15) is 0 Å². The zero-order chi connectivity index (χ0) is 15.1. The third-order valence-electron chi connectivity index (χ3n) is 4.59. The summed E-state index contributed by atoms with van der Waals surface area (Å²) in [5.74, 6) is 2.45. The minimum atomic E-state index is 0.340. The van der Waals surface area contributed by atoms with Gasteiger partial charge < -0.3 is 15.0 Å². The summed E-state index contributed by atoms with van der Waals surface area (Å²) in [6.07, 6.45) is 3.05. The molecule has 0 radical (unpaired) electrons. The molecule has 3 nitrogen and oxygen atoms in total. The number of hydrogen-bond donors (Lipinski definition) is 1. The molecule has 0 aromatic carbocycles. The molecule has 0 spiro atoms. The summed E-state index contributed by atoms with van der Waals surface area (Å²) in [5, 5.41) is 3.72. The molecule has 4 unspecified atom stereocenters. The number of hydrogen-bond acceptors (Lipinski definition) is 3. The van der Waals surface area contributed by atoms with Gasteiger partial charge >= 0.3 is 0 Å². The fourth-order valence-corrected chi connectivity index (χ4v) is 3.61. The molecule has 0 aliphatic heterocycles. The van der Waals surface area contributed by atoms with Gasteiger partial charge in [-0.25, -0.2) is 0 Å². The zero-order valence-electron chi connectivity index (χ0n) is 14.5. The Labute approximate surface area is 126 Å². The van der Waals surface area contributed by atoms with Gasteiger partial charge in [0.1, 0.15) is 0 Å². The van der Waals surface area contributed by atoms with Crippen LogP contribution in [-0.2, 0) is 4.74 Å². The summed E-state index contributed by atoms with van der Waals surface area (Å²) in [4.78, 5) is 2.45. The number of rotatable bonds is 8. The smallest absolute Gasteiger partial charge is 0.0596 e. The van der Waals surface area contributed by atoms with E-state index < -0.39 is 0 Å². The van der Waals surface area contributed by atoms with Crippen molar-refractivity contribution in [2.45, 2.75) is 59.6 Å². The van der Waals surface area contributed by atoms with Crippen molar-refractivity contribution in [1.82, 2.24) is 10.2 Å². The highest BCUT2D eigenvalue weighted by Gasteiger charge is 2.33. The van der Waals surface area contributed by atoms with Crippen LogP contribution in [0, 0.1) is 17.8 Å². The van der Waals surface area contributed by atoms with Crippen LogP contribution in [0.25, 0.3) is 0 Å². The number of likely N-dealkylation sites (N-methyl/N-ethyl adjacent to an activating group) is 1. The van der Waals surface area contributed by atoms with E-state index in [0.717, 1.165) is 37.5 Å². The maximum absolute atomic E-state index is 5.66. The van der Waals surface area contributed by atoms with Gasteiger partial charge in [0.15, 0.2) is 0 Å². The normalized spacial score (nSPS) is 31.2. The van der Waals surface area contributed by atoms with E-state index in [2.05, 4.69) is 51.9 Å². The van der Waals surface area contributed by atoms with E-state index in [-0.39, 0.29) is 0 Å². The highest BCUT2D eigenvalue weighted by atomic mass is 16.5. The average molecular weight is 284 g/mol. The first kappa shape index (κ1) is 17.9. The van der Waals surface area contributed by atoms with Crippen molar-refractivity contribution >= 4 is 0 Å². The van der Waals surface area contributed by atoms with Crippen LogP contribution in [0.5, 0.6) is 0 Å². The second-order valence-electron chi connectivity index (χ2n) is 7.06. The standard InChI is InChI=1S/C17H36N2O/c1-7-18-17-11-14(4)10-15(5)16(17)12-19(6)8-9-20-13(2)3/h13-18H,7-12H2,1-6H3. The Morgan fingerprint density at radius 1 is 1.25 bits per heavy atom. The monoisotopic (exact) mass is 284 g/mol. The Bertz CT molecular complexity index is 257. The van der Waals surface area contributed by atoms with Crippen LogP contribution in [0.2, 0.25) is 0 Å². The first-order valence-corrected chi connectivity index (χ1v) is 8.47. The molecule has 120 valence electrons. The minimum Gasteiger partial charge on any atom is -0.377 e. The Balaban J connectivity index is 2.44. The largest absolute Gasteiger partial charge is 0.377 e. The molecule has 1 aliphatic rings. The van der Waals surface area contributed by atoms with Gasteiger partial charge in [0.05, 0.1) is 12.7 Å². The van der Waals surface area contributed by atoms with Crippen molar-refractivity contribution in [2.75, 3.05) is 33.3 Å². The average Bonchev–Trinajstić information content (AvgIpc) is 2.33. The van der Waals surface area contributed by atoms with Crippen molar-refractivity contribution in [3.05, 3.63) is 0 Å². The van der Waals surface area contributed by atoms with Gasteiger partial charge in [0, 0.05) is 19.1 Å². The van der Waals surface area contributed by atoms with Crippen LogP contribution in [0.1, 0.15) is 47.5 Å². The molecule has 0 saturated heterocycles. The number of ether oxygens (including phenoxy) is 1. The van der Waals surface area contributed by atoms with Crippen LogP contribution in [0.4, 0.5) is 0 Å². The van der Waals surface area contributed by atoms with Crippen LogP contribution >= 0.6 is 0 Å². The van der Waals surface area contributed by atoms with E-state index in [4.69, 9.17) is 4.74 Å². The molecule has 0 amide bonds. The van der Waals surface area contributed by atoms with E-state index >= 15 is 0 Å². The lowest BCUT2D eigenvalue weighted by Crippen LogP contribution is -2.48. The second-order valence-corrected chi connectivity index (χ2v) is 7.06. The Hall–Kier alpha value is -0.120. The molecule has 1 saturated carbocycles. The van der Waals surface area contributed by atoms with Crippen molar-refractivity contribution in [3.8, 4) is 0 Å². The van der Waals surface area contributed by atoms with Crippen molar-refractivity contribution in [3.63, 3.8) is 0 Å². The van der Waals surface area contributed by atoms with Crippen molar-refractivity contribution in [2.24, 2.45) is 17.8 Å². The quantitative estimate of drug-likeness (QED) is 0.741. The first-order chi connectivity index (χ1) is 9.43. The topological polar surface area (TPSA) is 24.5 Å². The van der Waals surface area contributed by atoms with Crippen LogP contribution < -0.4 is 5.32 Å². The molecule has 20 heavy (non-hydrogen) atoms. The van der Waals surface area contributed by atoms with E-state index in [1.807, 2.05) is 0 Å². The van der Waals surface area contributed by atoms with Gasteiger partial charge in [-0.1, -0.05) is 20.8 Å². The number of nitrogens with one attached hydrogen (secondary N) is 1. The predicted molar refractivity (Wildman–Crippen MR) is 87.1 cm³/mol. The summed E-state index contributed by atoms with van der Waals surface area (Å²) in [5.41, 5.74) is 0. The van der Waals surface area contributed by atoms with Crippen LogP contribution in [0.15, 0.2) is 0 Å². The Morgan fingerprint density at radius 3 is 2.55 bits per heavy atom. The van der Waals surface area contributed by atoms with Gasteiger partial charge in [0.25, 0.3) is 0 Å². The Morgan fingerprint density at radius 2 is 1.95 bits per heavy atom. The fraction of sp³-hybridized carbons (Fsp3) is 1.00. The lowest BCUT2D eigenvalue weighted by Gasteiger charge is -2.42. The number of nitrogens with zero attached hydrogens (tertiary/aromatic N) is 1. The van der Waals surface area contributed by atoms with E-state index in [1.165, 1.54) is 19.4 Å². The lowest BCUT2D eigenvalue weighted by atomic mass is 9.72. The van der Waals surface area contributed by atoms with Gasteiger partial charge in [-0.2, -0.15) is 0 Å². The van der Waals surface area contributed by atoms with Crippen molar-refractivity contribution in [1.29, 1.82) is 0 Å². The molecule has 1 aliphatic carbocycles. The van der Waals surface area contributed by atoms with Gasteiger partial charge in [-0.3, -0.25) is 0 Å². The highest BCUT2D eigenvalue weighted by molar-refractivity contribution is 4.88. The predicted octanol–water partition coefficient (Wildman–Crippen LogP) is 3.00. The maximum Gasteiger partial charge on any atom is 0.0596 e. The van der Waals surface area contributed by atoms with Crippen LogP contribution in [0.3, 0.4) is 0 Å². The molecule has 1 fully saturated rings. The molecule has 3 heteroatoms. The molecule has 1 N–H and O–H groups in total. The third-order valence-corrected chi connectivity index (χ3v) is 4.59. The van der Waals surface area contributed by atoms with E-state index in [1.54, 1.807) is 0 Å². The summed E-state index contributed by atoms with van der Waals surface area (Å²) < 4.78 is 5.66. The Kier molecular flexibility index (Phi) is 8.08. The van der Waals surface area contributed by atoms with Gasteiger partial charge in [-0.05, 0) is 58.0 Å². The molecule has 4 atom stereocenters. The maximum atomic E-state index is 5.66. The summed E-state index contributed by atoms with van der Waals surface area (Å²) in [6, 6.07) is 0.687. The van der Waals surface area contributed by atoms with Crippen molar-refractivity contribution < 1.29 is 4.74 Å². The fourth-order valence-electron chi connectivity index (χ4n) is 3.61. The summed E-state index contributed by atoms with van der Waals surface area (Å²) >= 11 is 0. The molecular formula is C17H36N2O. The van der Waals surface area contributed by atoms with Crippen LogP contribution in [-0.4, -0.2) is 50.3 Å². The molecule has 0 aromatic heterocycles. The van der Waals surface area contributed by atoms with Gasteiger partial charge in [-0.15, -0.1) is 0 Å². The molecule has 0 heterocycles. The third kappa shape index (κ3) is 6.11. The molecular weight excluding hydrogens is 248 g/mol. The zero-order valence-corrected chi connectivity index (χ0v) is 14.5. The van der Waals surface area contributed by atoms with Gasteiger partial charge in [0.2, 0.25) is 0 Å². The molecule has 0 bridgehead atoms. The lowest BCUT2D eigenvalue weighted by molar-refractivity contribution is 0.0508. The summed E-state index contributed by atoms with van der Waals surface area (Å²) in [7, 11) is 2.23. The molecule has 0 aromatic rings. The second kappa shape index (κ2) is 9.01.